The van der Waals surface area contributed by atoms with Crippen LogP contribution >= 0.6 is 11.6 Å². The van der Waals surface area contributed by atoms with E-state index in [9.17, 15) is 5.11 Å². The first-order chi connectivity index (χ1) is 18.9. The molecule has 4 heterocycles. The van der Waals surface area contributed by atoms with E-state index in [0.29, 0.717) is 35.8 Å². The molecule has 39 heavy (non-hydrogen) atoms. The summed E-state index contributed by atoms with van der Waals surface area (Å²) in [5, 5.41) is 12.5. The average molecular weight is 548 g/mol. The van der Waals surface area contributed by atoms with Gasteiger partial charge in [0.05, 0.1) is 10.3 Å². The number of halogens is 2. The highest BCUT2D eigenvalue weighted by Crippen LogP contribution is 2.46. The van der Waals surface area contributed by atoms with Gasteiger partial charge in [-0.05, 0) is 74.5 Å². The molecule has 2 aromatic carbocycles. The van der Waals surface area contributed by atoms with E-state index in [2.05, 4.69) is 26.8 Å². The minimum atomic E-state index is -0.560. The number of hydrogen-bond acceptors (Lipinski definition) is 7. The third-order valence-corrected chi connectivity index (χ3v) is 9.19. The third kappa shape index (κ3) is 4.43. The lowest BCUT2D eigenvalue weighted by molar-refractivity contribution is 0.188. The van der Waals surface area contributed by atoms with Gasteiger partial charge in [0.15, 0.2) is 5.82 Å². The lowest BCUT2D eigenvalue weighted by Gasteiger charge is -2.37. The minimum absolute atomic E-state index is 0.0503. The molecule has 3 fully saturated rings. The predicted octanol–water partition coefficient (Wildman–Crippen LogP) is 5.76. The van der Waals surface area contributed by atoms with Gasteiger partial charge in [-0.2, -0.15) is 9.97 Å². The van der Waals surface area contributed by atoms with Crippen molar-refractivity contribution in [1.82, 2.24) is 19.9 Å². The Kier molecular flexibility index (Phi) is 6.01. The number of anilines is 1. The molecule has 1 aliphatic carbocycles. The predicted molar refractivity (Wildman–Crippen MR) is 151 cm³/mol. The van der Waals surface area contributed by atoms with E-state index in [1.165, 1.54) is 0 Å². The highest BCUT2D eigenvalue weighted by atomic mass is 35.5. The second kappa shape index (κ2) is 9.45. The number of aromatic hydroxyl groups is 1. The number of phenols is 1. The summed E-state index contributed by atoms with van der Waals surface area (Å²) in [7, 11) is 2.09. The second-order valence-corrected chi connectivity index (χ2v) is 12.3. The molecule has 0 amide bonds. The summed E-state index contributed by atoms with van der Waals surface area (Å²) in [4.78, 5) is 18.1. The minimum Gasteiger partial charge on any atom is -0.508 e. The molecule has 3 atom stereocenters. The fraction of sp³-hybridized carbons (Fsp3) is 0.433. The first-order valence-electron chi connectivity index (χ1n) is 13.7. The Morgan fingerprint density at radius 2 is 2.05 bits per heavy atom. The maximum absolute atomic E-state index is 16.4. The van der Waals surface area contributed by atoms with E-state index >= 15 is 4.39 Å². The van der Waals surface area contributed by atoms with Crippen molar-refractivity contribution in [2.75, 3.05) is 38.2 Å². The van der Waals surface area contributed by atoms with E-state index in [4.69, 9.17) is 21.3 Å². The monoisotopic (exact) mass is 547 g/mol. The summed E-state index contributed by atoms with van der Waals surface area (Å²) in [6.45, 7) is 2.93. The molecular formula is C30H31ClFN5O2. The van der Waals surface area contributed by atoms with Crippen molar-refractivity contribution in [2.45, 2.75) is 43.0 Å². The Hall–Kier alpha value is -3.23. The molecule has 1 saturated carbocycles. The Morgan fingerprint density at radius 1 is 1.18 bits per heavy atom. The number of alkyl halides is 1. The fourth-order valence-electron chi connectivity index (χ4n) is 6.73. The van der Waals surface area contributed by atoms with Crippen molar-refractivity contribution in [3.05, 3.63) is 48.4 Å². The smallest absolute Gasteiger partial charge is 0.319 e. The van der Waals surface area contributed by atoms with Crippen LogP contribution in [0.15, 0.2) is 42.6 Å². The standard InChI is InChI=1S/C30H31ClFN5O2/c1-36-10-4-6-20(36)16-39-29-34-27-24(28(35-29)37-15-18-8-9-30(31,13-18)17-37)14-33-26(25(27)32)23-12-21(38)11-19-5-2-3-7-22(19)23/h2-3,5,7,11-12,14,18,20,38H,4,6,8-10,13,15-17H2,1H3/t18?,20-,30?/m0/s1. The number of benzene rings is 2. The molecule has 2 aromatic heterocycles. The van der Waals surface area contributed by atoms with Crippen molar-refractivity contribution in [3.63, 3.8) is 0 Å². The molecule has 7 nitrogen and oxygen atoms in total. The van der Waals surface area contributed by atoms with Crippen molar-refractivity contribution in [3.8, 4) is 23.0 Å². The number of ether oxygens (including phenoxy) is 1. The molecule has 2 bridgehead atoms. The van der Waals surface area contributed by atoms with Crippen LogP contribution in [0, 0.1) is 11.7 Å². The van der Waals surface area contributed by atoms with Crippen LogP contribution < -0.4 is 9.64 Å². The number of rotatable bonds is 5. The van der Waals surface area contributed by atoms with E-state index in [1.54, 1.807) is 18.3 Å². The first kappa shape index (κ1) is 24.8. The fourth-order valence-corrected chi connectivity index (χ4v) is 7.20. The van der Waals surface area contributed by atoms with Gasteiger partial charge in [-0.1, -0.05) is 24.3 Å². The zero-order chi connectivity index (χ0) is 26.7. The summed E-state index contributed by atoms with van der Waals surface area (Å²) in [6, 6.07) is 11.2. The number of piperidine rings is 1. The Morgan fingerprint density at radius 3 is 2.87 bits per heavy atom. The summed E-state index contributed by atoms with van der Waals surface area (Å²) in [5.41, 5.74) is 0.804. The zero-order valence-corrected chi connectivity index (χ0v) is 22.7. The van der Waals surface area contributed by atoms with Gasteiger partial charge < -0.3 is 19.6 Å². The maximum Gasteiger partial charge on any atom is 0.319 e. The quantitative estimate of drug-likeness (QED) is 0.318. The molecule has 4 aromatic rings. The van der Waals surface area contributed by atoms with Crippen molar-refractivity contribution in [2.24, 2.45) is 5.92 Å². The number of pyridine rings is 1. The molecule has 2 aliphatic heterocycles. The average Bonchev–Trinajstić information content (AvgIpc) is 3.46. The number of aromatic nitrogens is 3. The van der Waals surface area contributed by atoms with Crippen LogP contribution in [0.1, 0.15) is 32.1 Å². The van der Waals surface area contributed by atoms with Crippen LogP contribution in [0.4, 0.5) is 10.2 Å². The number of nitrogens with zero attached hydrogens (tertiary/aromatic N) is 5. The summed E-state index contributed by atoms with van der Waals surface area (Å²) in [6.07, 6.45) is 6.87. The Bertz CT molecular complexity index is 1580. The van der Waals surface area contributed by atoms with Crippen molar-refractivity contribution in [1.29, 1.82) is 0 Å². The van der Waals surface area contributed by atoms with Crippen LogP contribution in [-0.4, -0.2) is 69.2 Å². The van der Waals surface area contributed by atoms with Crippen molar-refractivity contribution >= 4 is 39.1 Å². The topological polar surface area (TPSA) is 74.6 Å². The first-order valence-corrected chi connectivity index (χ1v) is 14.1. The zero-order valence-electron chi connectivity index (χ0n) is 21.9. The van der Waals surface area contributed by atoms with E-state index in [1.807, 2.05) is 24.3 Å². The largest absolute Gasteiger partial charge is 0.508 e. The van der Waals surface area contributed by atoms with Crippen LogP contribution in [0.5, 0.6) is 11.8 Å². The Balaban J connectivity index is 1.36. The molecule has 7 rings (SSSR count). The SMILES string of the molecule is CN1CCC[C@H]1COc1nc(N2CC3CCC(Cl)(C3)C2)c2cnc(-c3cc(O)cc4ccccc34)c(F)c2n1. The van der Waals surface area contributed by atoms with Gasteiger partial charge in [0.1, 0.15) is 29.4 Å². The van der Waals surface area contributed by atoms with Crippen LogP contribution in [0.3, 0.4) is 0 Å². The number of phenolic OH excluding ortho intramolecular Hbond substituents is 1. The number of likely N-dealkylation sites (tertiary alicyclic amines) is 1. The molecule has 0 radical (unpaired) electrons. The highest BCUT2D eigenvalue weighted by Gasteiger charge is 2.44. The molecule has 2 saturated heterocycles. The van der Waals surface area contributed by atoms with Crippen molar-refractivity contribution < 1.29 is 14.2 Å². The van der Waals surface area contributed by atoms with Gasteiger partial charge in [-0.15, -0.1) is 11.6 Å². The lowest BCUT2D eigenvalue weighted by Crippen LogP contribution is -2.44. The van der Waals surface area contributed by atoms with Crippen LogP contribution in [0.2, 0.25) is 0 Å². The summed E-state index contributed by atoms with van der Waals surface area (Å²) in [5.74, 6) is 0.586. The van der Waals surface area contributed by atoms with Gasteiger partial charge in [0.2, 0.25) is 0 Å². The Labute approximate surface area is 231 Å². The van der Waals surface area contributed by atoms with Gasteiger partial charge in [-0.25, -0.2) is 4.39 Å². The number of fused-ring (bicyclic) bond motifs is 4. The molecule has 9 heteroatoms. The summed E-state index contributed by atoms with van der Waals surface area (Å²) < 4.78 is 22.6. The number of hydrogen-bond donors (Lipinski definition) is 1. The van der Waals surface area contributed by atoms with Gasteiger partial charge in [0.25, 0.3) is 0 Å². The van der Waals surface area contributed by atoms with Crippen LogP contribution in [0.25, 0.3) is 32.9 Å². The molecule has 3 aliphatic rings. The third-order valence-electron chi connectivity index (χ3n) is 8.73. The molecule has 0 spiro atoms. The lowest BCUT2D eigenvalue weighted by atomic mass is 9.97. The van der Waals surface area contributed by atoms with Gasteiger partial charge >= 0.3 is 6.01 Å². The van der Waals surface area contributed by atoms with E-state index < -0.39 is 5.82 Å². The van der Waals surface area contributed by atoms with Gasteiger partial charge in [-0.3, -0.25) is 4.98 Å². The van der Waals surface area contributed by atoms with E-state index in [0.717, 1.165) is 56.0 Å². The van der Waals surface area contributed by atoms with E-state index in [-0.39, 0.29) is 33.9 Å². The maximum atomic E-state index is 16.4. The molecular weight excluding hydrogens is 517 g/mol. The summed E-state index contributed by atoms with van der Waals surface area (Å²) >= 11 is 6.97. The molecule has 2 unspecified atom stereocenters. The second-order valence-electron chi connectivity index (χ2n) is 11.5. The number of likely N-dealkylation sites (N-methyl/N-ethyl adjacent to an activating group) is 1. The molecule has 202 valence electrons. The van der Waals surface area contributed by atoms with Gasteiger partial charge in [0, 0.05) is 30.9 Å². The highest BCUT2D eigenvalue weighted by molar-refractivity contribution is 6.24. The normalized spacial score (nSPS) is 25.2. The van der Waals surface area contributed by atoms with Crippen LogP contribution in [-0.2, 0) is 0 Å². The molecule has 1 N–H and O–H groups in total.